The Morgan fingerprint density at radius 2 is 1.66 bits per heavy atom. The molecule has 5 heteroatoms. The highest BCUT2D eigenvalue weighted by molar-refractivity contribution is 7.80. The van der Waals surface area contributed by atoms with Crippen molar-refractivity contribution in [1.82, 2.24) is 5.32 Å². The van der Waals surface area contributed by atoms with E-state index in [1.165, 1.54) is 0 Å². The Morgan fingerprint density at radius 1 is 0.931 bits per heavy atom. The average Bonchev–Trinajstić information content (AvgIpc) is 2.75. The number of rotatable bonds is 7. The quantitative estimate of drug-likeness (QED) is 0.394. The summed E-state index contributed by atoms with van der Waals surface area (Å²) < 4.78 is 5.70. The maximum absolute atomic E-state index is 12.5. The molecule has 3 rings (SSSR count). The highest BCUT2D eigenvalue weighted by Crippen LogP contribution is 2.20. The average molecular weight is 405 g/mol. The molecule has 0 aliphatic carbocycles. The number of hydrogen-bond donors (Lipinski definition) is 2. The van der Waals surface area contributed by atoms with Crippen LogP contribution >= 0.6 is 12.2 Å². The van der Waals surface area contributed by atoms with Gasteiger partial charge in [-0.3, -0.25) is 10.1 Å². The highest BCUT2D eigenvalue weighted by atomic mass is 32.1. The summed E-state index contributed by atoms with van der Waals surface area (Å²) in [5, 5.41) is 5.99. The van der Waals surface area contributed by atoms with Crippen LogP contribution in [0, 0.1) is 0 Å². The molecule has 3 aromatic rings. The van der Waals surface area contributed by atoms with Gasteiger partial charge in [-0.1, -0.05) is 61.9 Å². The van der Waals surface area contributed by atoms with Gasteiger partial charge in [0.2, 0.25) is 0 Å². The predicted octanol–water partition coefficient (Wildman–Crippen LogP) is 5.66. The van der Waals surface area contributed by atoms with Crippen molar-refractivity contribution in [3.8, 4) is 16.9 Å². The van der Waals surface area contributed by atoms with Crippen LogP contribution in [0.2, 0.25) is 0 Å². The van der Waals surface area contributed by atoms with E-state index in [-0.39, 0.29) is 11.0 Å². The third kappa shape index (κ3) is 6.16. The fraction of sp³-hybridized carbons (Fsp3) is 0.167. The molecule has 148 valence electrons. The zero-order chi connectivity index (χ0) is 20.5. The molecule has 0 aromatic heterocycles. The maximum Gasteiger partial charge on any atom is 0.257 e. The maximum atomic E-state index is 12.5. The smallest absolute Gasteiger partial charge is 0.257 e. The topological polar surface area (TPSA) is 50.4 Å². The lowest BCUT2D eigenvalue weighted by Gasteiger charge is -2.12. The number of carbonyl (C=O) groups excluding carboxylic acids is 1. The van der Waals surface area contributed by atoms with Gasteiger partial charge in [0.05, 0.1) is 6.61 Å². The SMILES string of the molecule is CCCCOc1cccc(NC(=S)NC(=O)c2ccc(-c3ccccc3)cc2)c1. The van der Waals surface area contributed by atoms with Gasteiger partial charge in [-0.25, -0.2) is 0 Å². The van der Waals surface area contributed by atoms with Gasteiger partial charge in [0.25, 0.3) is 5.91 Å². The second-order valence-corrected chi connectivity index (χ2v) is 6.99. The molecule has 0 atom stereocenters. The third-order valence-electron chi connectivity index (χ3n) is 4.34. The summed E-state index contributed by atoms with van der Waals surface area (Å²) >= 11 is 5.28. The number of ether oxygens (including phenoxy) is 1. The standard InChI is InChI=1S/C24H24N2O2S/c1-2-3-16-28-22-11-7-10-21(17-22)25-24(29)26-23(27)20-14-12-19(13-15-20)18-8-5-4-6-9-18/h4-15,17H,2-3,16H2,1H3,(H2,25,26,27,29). The van der Waals surface area contributed by atoms with Crippen LogP contribution in [0.25, 0.3) is 11.1 Å². The Morgan fingerprint density at radius 3 is 2.38 bits per heavy atom. The summed E-state index contributed by atoms with van der Waals surface area (Å²) in [7, 11) is 0. The van der Waals surface area contributed by atoms with E-state index in [0.717, 1.165) is 35.4 Å². The number of nitrogens with one attached hydrogen (secondary N) is 2. The van der Waals surface area contributed by atoms with Crippen molar-refractivity contribution in [2.45, 2.75) is 19.8 Å². The Kier molecular flexibility index (Phi) is 7.36. The second kappa shape index (κ2) is 10.4. The van der Waals surface area contributed by atoms with Gasteiger partial charge in [-0.05, 0) is 54.0 Å². The van der Waals surface area contributed by atoms with Crippen molar-refractivity contribution in [2.24, 2.45) is 0 Å². The van der Waals surface area contributed by atoms with E-state index in [4.69, 9.17) is 17.0 Å². The molecule has 0 aliphatic heterocycles. The molecule has 0 heterocycles. The van der Waals surface area contributed by atoms with Crippen molar-refractivity contribution in [1.29, 1.82) is 0 Å². The fourth-order valence-corrected chi connectivity index (χ4v) is 2.99. The fourth-order valence-electron chi connectivity index (χ4n) is 2.78. The molecule has 0 bridgehead atoms. The summed E-state index contributed by atoms with van der Waals surface area (Å²) in [6, 6.07) is 25.0. The first-order valence-electron chi connectivity index (χ1n) is 9.66. The van der Waals surface area contributed by atoms with Crippen molar-refractivity contribution in [3.05, 3.63) is 84.4 Å². The van der Waals surface area contributed by atoms with Gasteiger partial charge in [-0.2, -0.15) is 0 Å². The van der Waals surface area contributed by atoms with Gasteiger partial charge in [0.15, 0.2) is 5.11 Å². The first-order valence-corrected chi connectivity index (χ1v) is 10.1. The van der Waals surface area contributed by atoms with Crippen molar-refractivity contribution >= 4 is 28.9 Å². The van der Waals surface area contributed by atoms with E-state index in [0.29, 0.717) is 12.2 Å². The van der Waals surface area contributed by atoms with Crippen LogP contribution in [0.5, 0.6) is 5.75 Å². The zero-order valence-corrected chi connectivity index (χ0v) is 17.2. The lowest BCUT2D eigenvalue weighted by atomic mass is 10.0. The minimum absolute atomic E-state index is 0.243. The number of carbonyl (C=O) groups is 1. The van der Waals surface area contributed by atoms with Crippen molar-refractivity contribution < 1.29 is 9.53 Å². The zero-order valence-electron chi connectivity index (χ0n) is 16.4. The van der Waals surface area contributed by atoms with Crippen LogP contribution in [0.1, 0.15) is 30.1 Å². The number of hydrogen-bond acceptors (Lipinski definition) is 3. The molecule has 0 saturated carbocycles. The molecule has 4 nitrogen and oxygen atoms in total. The van der Waals surface area contributed by atoms with Gasteiger partial charge in [-0.15, -0.1) is 0 Å². The molecule has 0 spiro atoms. The van der Waals surface area contributed by atoms with E-state index in [2.05, 4.69) is 17.6 Å². The predicted molar refractivity (Wildman–Crippen MR) is 122 cm³/mol. The first kappa shape index (κ1) is 20.6. The molecule has 3 aromatic carbocycles. The van der Waals surface area contributed by atoms with Crippen LogP contribution in [-0.2, 0) is 0 Å². The van der Waals surface area contributed by atoms with E-state index in [1.54, 1.807) is 12.1 Å². The van der Waals surface area contributed by atoms with E-state index >= 15 is 0 Å². The monoisotopic (exact) mass is 404 g/mol. The molecule has 0 aliphatic rings. The lowest BCUT2D eigenvalue weighted by Crippen LogP contribution is -2.34. The molecule has 0 fully saturated rings. The molecule has 0 unspecified atom stereocenters. The number of amides is 1. The number of benzene rings is 3. The van der Waals surface area contributed by atoms with Gasteiger partial charge in [0.1, 0.15) is 5.75 Å². The van der Waals surface area contributed by atoms with Crippen LogP contribution in [0.3, 0.4) is 0 Å². The molecule has 0 saturated heterocycles. The largest absolute Gasteiger partial charge is 0.494 e. The Labute approximate surface area is 176 Å². The molecule has 0 radical (unpaired) electrons. The minimum Gasteiger partial charge on any atom is -0.494 e. The number of anilines is 1. The molecular formula is C24H24N2O2S. The Bertz CT molecular complexity index is 956. The molecule has 2 N–H and O–H groups in total. The van der Waals surface area contributed by atoms with Crippen molar-refractivity contribution in [2.75, 3.05) is 11.9 Å². The number of unbranched alkanes of at least 4 members (excludes halogenated alkanes) is 1. The Balaban J connectivity index is 1.56. The van der Waals surface area contributed by atoms with Crippen LogP contribution in [0.4, 0.5) is 5.69 Å². The van der Waals surface area contributed by atoms with Crippen LogP contribution < -0.4 is 15.4 Å². The number of thiocarbonyl (C=S) groups is 1. The minimum atomic E-state index is -0.252. The van der Waals surface area contributed by atoms with E-state index in [1.807, 2.05) is 66.7 Å². The van der Waals surface area contributed by atoms with Crippen LogP contribution in [0.15, 0.2) is 78.9 Å². The summed E-state index contributed by atoms with van der Waals surface area (Å²) in [5.74, 6) is 0.520. The van der Waals surface area contributed by atoms with E-state index in [9.17, 15) is 4.79 Å². The highest BCUT2D eigenvalue weighted by Gasteiger charge is 2.09. The Hall–Kier alpha value is -3.18. The second-order valence-electron chi connectivity index (χ2n) is 6.58. The van der Waals surface area contributed by atoms with Gasteiger partial charge in [0, 0.05) is 17.3 Å². The first-order chi connectivity index (χ1) is 14.2. The van der Waals surface area contributed by atoms with E-state index < -0.39 is 0 Å². The van der Waals surface area contributed by atoms with Gasteiger partial charge < -0.3 is 10.1 Å². The normalized spacial score (nSPS) is 10.2. The van der Waals surface area contributed by atoms with Crippen LogP contribution in [-0.4, -0.2) is 17.6 Å². The summed E-state index contributed by atoms with van der Waals surface area (Å²) in [6.45, 7) is 2.80. The van der Waals surface area contributed by atoms with Crippen molar-refractivity contribution in [3.63, 3.8) is 0 Å². The summed E-state index contributed by atoms with van der Waals surface area (Å²) in [6.07, 6.45) is 2.09. The lowest BCUT2D eigenvalue weighted by molar-refractivity contribution is 0.0978. The molecule has 29 heavy (non-hydrogen) atoms. The van der Waals surface area contributed by atoms with Gasteiger partial charge >= 0.3 is 0 Å². The molecular weight excluding hydrogens is 380 g/mol. The summed E-state index contributed by atoms with van der Waals surface area (Å²) in [4.78, 5) is 12.5. The third-order valence-corrected chi connectivity index (χ3v) is 4.54. The molecule has 1 amide bonds. The summed E-state index contributed by atoms with van der Waals surface area (Å²) in [5.41, 5.74) is 3.48.